The van der Waals surface area contributed by atoms with E-state index in [9.17, 15) is 9.18 Å². The van der Waals surface area contributed by atoms with Gasteiger partial charge in [-0.25, -0.2) is 4.39 Å². The minimum Gasteiger partial charge on any atom is -0.383 e. The molecule has 0 radical (unpaired) electrons. The molecule has 4 nitrogen and oxygen atoms in total. The zero-order chi connectivity index (χ0) is 17.4. The molecule has 0 bridgehead atoms. The van der Waals surface area contributed by atoms with Gasteiger partial charge in [0.15, 0.2) is 0 Å². The molecule has 1 amide bonds. The van der Waals surface area contributed by atoms with E-state index < -0.39 is 6.04 Å². The van der Waals surface area contributed by atoms with Gasteiger partial charge in [-0.15, -0.1) is 24.2 Å². The van der Waals surface area contributed by atoms with Gasteiger partial charge in [-0.3, -0.25) is 4.79 Å². The van der Waals surface area contributed by atoms with Gasteiger partial charge >= 0.3 is 0 Å². The molecule has 0 aliphatic carbocycles. The lowest BCUT2D eigenvalue weighted by atomic mass is 10.2. The quantitative estimate of drug-likeness (QED) is 0.709. The number of hydrogen-bond acceptors (Lipinski definition) is 4. The van der Waals surface area contributed by atoms with E-state index in [1.807, 2.05) is 30.3 Å². The Balaban J connectivity index is 0.00000312. The molecule has 1 atom stereocenters. The van der Waals surface area contributed by atoms with Crippen LogP contribution in [-0.4, -0.2) is 38.0 Å². The van der Waals surface area contributed by atoms with Gasteiger partial charge in [0, 0.05) is 30.0 Å². The van der Waals surface area contributed by atoms with Crippen molar-refractivity contribution in [3.8, 4) is 0 Å². The molecule has 2 N–H and O–H groups in total. The molecular formula is C18H22ClFN2O2S. The van der Waals surface area contributed by atoms with E-state index in [0.29, 0.717) is 12.3 Å². The topological polar surface area (TPSA) is 55.6 Å². The van der Waals surface area contributed by atoms with Gasteiger partial charge in [-0.1, -0.05) is 18.2 Å². The average molecular weight is 385 g/mol. The molecule has 2 aromatic rings. The van der Waals surface area contributed by atoms with Crippen LogP contribution in [0.4, 0.5) is 10.1 Å². The predicted molar refractivity (Wildman–Crippen MR) is 103 cm³/mol. The molecule has 0 saturated carbocycles. The summed E-state index contributed by atoms with van der Waals surface area (Å²) >= 11 is 1.56. The maximum Gasteiger partial charge on any atom is 0.246 e. The lowest BCUT2D eigenvalue weighted by Gasteiger charge is -2.25. The fourth-order valence-corrected chi connectivity index (χ4v) is 3.05. The Kier molecular flexibility index (Phi) is 9.52. The first-order valence-corrected chi connectivity index (χ1v) is 8.59. The molecule has 136 valence electrons. The van der Waals surface area contributed by atoms with Crippen molar-refractivity contribution in [2.45, 2.75) is 10.9 Å². The van der Waals surface area contributed by atoms with Gasteiger partial charge in [0.05, 0.1) is 6.61 Å². The summed E-state index contributed by atoms with van der Waals surface area (Å²) in [6.45, 7) is 0.676. The smallest absolute Gasteiger partial charge is 0.246 e. The van der Waals surface area contributed by atoms with Crippen molar-refractivity contribution in [3.05, 3.63) is 60.4 Å². The molecule has 0 saturated heterocycles. The van der Waals surface area contributed by atoms with E-state index in [4.69, 9.17) is 10.5 Å². The van der Waals surface area contributed by atoms with Gasteiger partial charge in [0.1, 0.15) is 11.9 Å². The van der Waals surface area contributed by atoms with E-state index in [2.05, 4.69) is 0 Å². The number of rotatable bonds is 8. The molecule has 7 heteroatoms. The highest BCUT2D eigenvalue weighted by Gasteiger charge is 2.22. The minimum absolute atomic E-state index is 0. The number of carbonyl (C=O) groups excluding carboxylic acids is 1. The number of thioether (sulfide) groups is 1. The van der Waals surface area contributed by atoms with Crippen LogP contribution in [-0.2, 0) is 9.53 Å². The third kappa shape index (κ3) is 6.66. The highest BCUT2D eigenvalue weighted by atomic mass is 35.5. The van der Waals surface area contributed by atoms with E-state index in [-0.39, 0.29) is 30.7 Å². The Morgan fingerprint density at radius 1 is 1.20 bits per heavy atom. The van der Waals surface area contributed by atoms with Crippen LogP contribution >= 0.6 is 24.2 Å². The summed E-state index contributed by atoms with van der Waals surface area (Å²) in [5.74, 6) is 0.236. The number of anilines is 1. The van der Waals surface area contributed by atoms with Crippen molar-refractivity contribution in [2.24, 2.45) is 5.73 Å². The lowest BCUT2D eigenvalue weighted by Crippen LogP contribution is -2.47. The number of ether oxygens (including phenoxy) is 1. The number of halogens is 2. The van der Waals surface area contributed by atoms with Crippen molar-refractivity contribution in [2.75, 3.05) is 30.9 Å². The minimum atomic E-state index is -0.703. The zero-order valence-corrected chi connectivity index (χ0v) is 15.6. The number of benzene rings is 2. The highest BCUT2D eigenvalue weighted by Crippen LogP contribution is 2.20. The number of nitrogens with two attached hydrogens (primary N) is 1. The van der Waals surface area contributed by atoms with Crippen LogP contribution in [0.5, 0.6) is 0 Å². The Labute approximate surface area is 157 Å². The maximum absolute atomic E-state index is 12.9. The third-order valence-corrected chi connectivity index (χ3v) is 4.39. The molecule has 0 spiro atoms. The first-order valence-electron chi connectivity index (χ1n) is 7.61. The molecular weight excluding hydrogens is 363 g/mol. The van der Waals surface area contributed by atoms with Crippen molar-refractivity contribution in [3.63, 3.8) is 0 Å². The summed E-state index contributed by atoms with van der Waals surface area (Å²) in [5.41, 5.74) is 6.70. The highest BCUT2D eigenvalue weighted by molar-refractivity contribution is 7.99. The second-order valence-corrected chi connectivity index (χ2v) is 6.36. The molecule has 0 aliphatic rings. The molecule has 1 unspecified atom stereocenters. The van der Waals surface area contributed by atoms with Crippen molar-refractivity contribution < 1.29 is 13.9 Å². The second-order valence-electron chi connectivity index (χ2n) is 5.19. The fraction of sp³-hybridized carbons (Fsp3) is 0.278. The number of hydrogen-bond donors (Lipinski definition) is 1. The van der Waals surface area contributed by atoms with E-state index in [0.717, 1.165) is 10.6 Å². The zero-order valence-electron chi connectivity index (χ0n) is 13.9. The average Bonchev–Trinajstić information content (AvgIpc) is 2.61. The van der Waals surface area contributed by atoms with Crippen LogP contribution in [0.15, 0.2) is 59.5 Å². The Hall–Kier alpha value is -1.60. The summed E-state index contributed by atoms with van der Waals surface area (Å²) in [6.07, 6.45) is 0. The molecule has 0 fully saturated rings. The molecule has 25 heavy (non-hydrogen) atoms. The van der Waals surface area contributed by atoms with Crippen molar-refractivity contribution in [1.29, 1.82) is 0 Å². The van der Waals surface area contributed by atoms with Crippen LogP contribution in [0.2, 0.25) is 0 Å². The SMILES string of the molecule is COCC(N)C(=O)N(CCSc1ccc(F)cc1)c1ccccc1.Cl. The summed E-state index contributed by atoms with van der Waals surface area (Å²) in [7, 11) is 1.52. The molecule has 2 rings (SSSR count). The largest absolute Gasteiger partial charge is 0.383 e. The number of carbonyl (C=O) groups is 1. The first kappa shape index (κ1) is 21.4. The molecule has 0 heterocycles. The normalized spacial score (nSPS) is 11.5. The van der Waals surface area contributed by atoms with Gasteiger partial charge in [-0.2, -0.15) is 0 Å². The Bertz CT molecular complexity index is 643. The molecule has 2 aromatic carbocycles. The summed E-state index contributed by atoms with van der Waals surface area (Å²) < 4.78 is 17.9. The van der Waals surface area contributed by atoms with E-state index in [1.54, 1.807) is 28.8 Å². The summed E-state index contributed by atoms with van der Waals surface area (Å²) in [6, 6.07) is 15.0. The monoisotopic (exact) mass is 384 g/mol. The summed E-state index contributed by atoms with van der Waals surface area (Å²) in [4.78, 5) is 15.2. The van der Waals surface area contributed by atoms with Gasteiger partial charge in [0.25, 0.3) is 0 Å². The number of amides is 1. The van der Waals surface area contributed by atoms with Gasteiger partial charge in [-0.05, 0) is 36.4 Å². The van der Waals surface area contributed by atoms with Gasteiger partial charge in [0.2, 0.25) is 5.91 Å². The number of methoxy groups -OCH3 is 1. The van der Waals surface area contributed by atoms with Gasteiger partial charge < -0.3 is 15.4 Å². The van der Waals surface area contributed by atoms with Crippen LogP contribution in [0, 0.1) is 5.82 Å². The van der Waals surface area contributed by atoms with Crippen LogP contribution in [0.25, 0.3) is 0 Å². The first-order chi connectivity index (χ1) is 11.6. The van der Waals surface area contributed by atoms with E-state index in [1.165, 1.54) is 19.2 Å². The standard InChI is InChI=1S/C18H21FN2O2S.ClH/c1-23-13-17(20)18(22)21(15-5-3-2-4-6-15)11-12-24-16-9-7-14(19)8-10-16;/h2-10,17H,11-13,20H2,1H3;1H. The summed E-state index contributed by atoms with van der Waals surface area (Å²) in [5, 5.41) is 0. The van der Waals surface area contributed by atoms with E-state index >= 15 is 0 Å². The van der Waals surface area contributed by atoms with Crippen LogP contribution < -0.4 is 10.6 Å². The maximum atomic E-state index is 12.9. The molecule has 0 aliphatic heterocycles. The predicted octanol–water partition coefficient (Wildman–Crippen LogP) is 3.35. The molecule has 0 aromatic heterocycles. The Morgan fingerprint density at radius 2 is 1.84 bits per heavy atom. The number of nitrogens with zero attached hydrogens (tertiary/aromatic N) is 1. The number of para-hydroxylation sites is 1. The third-order valence-electron chi connectivity index (χ3n) is 3.39. The Morgan fingerprint density at radius 3 is 2.44 bits per heavy atom. The fourth-order valence-electron chi connectivity index (χ4n) is 2.21. The van der Waals surface area contributed by atoms with Crippen molar-refractivity contribution in [1.82, 2.24) is 0 Å². The lowest BCUT2D eigenvalue weighted by molar-refractivity contribution is -0.120. The van der Waals surface area contributed by atoms with Crippen LogP contribution in [0.1, 0.15) is 0 Å². The van der Waals surface area contributed by atoms with Crippen LogP contribution in [0.3, 0.4) is 0 Å². The second kappa shape index (κ2) is 11.1. The van der Waals surface area contributed by atoms with Crippen molar-refractivity contribution >= 4 is 35.8 Å².